The molecule has 0 aliphatic heterocycles. The number of nitrogens with zero attached hydrogens (tertiary/aromatic N) is 1. The van der Waals surface area contributed by atoms with Gasteiger partial charge in [0.1, 0.15) is 17.3 Å². The molecule has 1 fully saturated rings. The Labute approximate surface area is 215 Å². The molecule has 1 aliphatic carbocycles. The number of fused-ring (bicyclic) bond motifs is 1. The predicted octanol–water partition coefficient (Wildman–Crippen LogP) is 6.42. The van der Waals surface area contributed by atoms with E-state index in [4.69, 9.17) is 9.47 Å². The second-order valence-electron chi connectivity index (χ2n) is 9.08. The molecule has 190 valence electrons. The van der Waals surface area contributed by atoms with Crippen molar-refractivity contribution in [2.75, 3.05) is 18.5 Å². The molecule has 1 amide bonds. The molecule has 0 radical (unpaired) electrons. The highest BCUT2D eigenvalue weighted by Crippen LogP contribution is 2.40. The minimum atomic E-state index is -0.468. The summed E-state index contributed by atoms with van der Waals surface area (Å²) in [5.41, 5.74) is 4.05. The van der Waals surface area contributed by atoms with Gasteiger partial charge in [-0.05, 0) is 68.1 Å². The van der Waals surface area contributed by atoms with Gasteiger partial charge in [-0.15, -0.1) is 0 Å². The average molecular weight is 501 g/mol. The summed E-state index contributed by atoms with van der Waals surface area (Å²) >= 11 is 0. The van der Waals surface area contributed by atoms with Crippen molar-refractivity contribution >= 4 is 28.5 Å². The molecular formula is C30H29FN2O4. The van der Waals surface area contributed by atoms with Crippen molar-refractivity contribution in [2.24, 2.45) is 5.92 Å². The van der Waals surface area contributed by atoms with Gasteiger partial charge in [-0.2, -0.15) is 0 Å². The van der Waals surface area contributed by atoms with E-state index in [1.165, 1.54) is 12.1 Å². The van der Waals surface area contributed by atoms with Crippen molar-refractivity contribution in [1.82, 2.24) is 4.57 Å². The van der Waals surface area contributed by atoms with Crippen molar-refractivity contribution in [1.29, 1.82) is 0 Å². The summed E-state index contributed by atoms with van der Waals surface area (Å²) in [6.45, 7) is 4.74. The smallest absolute Gasteiger partial charge is 0.355 e. The van der Waals surface area contributed by atoms with Gasteiger partial charge in [0.2, 0.25) is 5.91 Å². The number of anilines is 1. The number of aromatic nitrogens is 1. The number of halogens is 1. The molecule has 6 nitrogen and oxygen atoms in total. The largest absolute Gasteiger partial charge is 0.494 e. The third kappa shape index (κ3) is 5.07. The van der Waals surface area contributed by atoms with Crippen LogP contribution in [-0.4, -0.2) is 29.7 Å². The van der Waals surface area contributed by atoms with Crippen LogP contribution in [0.4, 0.5) is 10.1 Å². The first kappa shape index (κ1) is 24.6. The molecule has 1 heterocycles. The summed E-state index contributed by atoms with van der Waals surface area (Å²) in [6.07, 6.45) is 1.76. The molecule has 3 aromatic carbocycles. The number of carbonyl (C=O) groups is 2. The Morgan fingerprint density at radius 3 is 2.35 bits per heavy atom. The summed E-state index contributed by atoms with van der Waals surface area (Å²) in [6, 6.07) is 19.4. The van der Waals surface area contributed by atoms with Gasteiger partial charge in [0.15, 0.2) is 0 Å². The molecule has 1 aromatic heterocycles. The monoisotopic (exact) mass is 500 g/mol. The summed E-state index contributed by atoms with van der Waals surface area (Å²) < 4.78 is 26.6. The summed E-state index contributed by atoms with van der Waals surface area (Å²) in [5, 5.41) is 3.89. The van der Waals surface area contributed by atoms with E-state index in [0.29, 0.717) is 29.1 Å². The number of para-hydroxylation sites is 1. The molecule has 4 aromatic rings. The van der Waals surface area contributed by atoms with E-state index >= 15 is 0 Å². The van der Waals surface area contributed by atoms with Gasteiger partial charge in [-0.3, -0.25) is 4.79 Å². The van der Waals surface area contributed by atoms with Gasteiger partial charge in [-0.25, -0.2) is 9.18 Å². The number of hydrogen-bond donors (Lipinski definition) is 1. The zero-order chi connectivity index (χ0) is 25.9. The second-order valence-corrected chi connectivity index (χ2v) is 9.08. The van der Waals surface area contributed by atoms with Gasteiger partial charge >= 0.3 is 5.97 Å². The number of nitrogens with one attached hydrogen (secondary N) is 1. The quantitative estimate of drug-likeness (QED) is 0.269. The van der Waals surface area contributed by atoms with E-state index in [2.05, 4.69) is 5.32 Å². The molecule has 0 bridgehead atoms. The Bertz CT molecular complexity index is 1440. The summed E-state index contributed by atoms with van der Waals surface area (Å²) in [5.74, 6) is -0.0760. The van der Waals surface area contributed by atoms with E-state index in [1.54, 1.807) is 19.1 Å². The van der Waals surface area contributed by atoms with Gasteiger partial charge < -0.3 is 19.4 Å². The fraction of sp³-hybridized carbons (Fsp3) is 0.267. The van der Waals surface area contributed by atoms with Gasteiger partial charge in [0.25, 0.3) is 0 Å². The van der Waals surface area contributed by atoms with Crippen LogP contribution in [0.3, 0.4) is 0 Å². The Hall–Kier alpha value is -4.13. The van der Waals surface area contributed by atoms with Crippen molar-refractivity contribution in [3.05, 3.63) is 83.8 Å². The minimum Gasteiger partial charge on any atom is -0.494 e. The van der Waals surface area contributed by atoms with Crippen LogP contribution >= 0.6 is 0 Å². The number of amides is 1. The fourth-order valence-electron chi connectivity index (χ4n) is 4.61. The Balaban J connectivity index is 1.75. The lowest BCUT2D eigenvalue weighted by Crippen LogP contribution is -2.16. The number of ether oxygens (including phenoxy) is 2. The first-order valence-corrected chi connectivity index (χ1v) is 12.6. The number of esters is 1. The maximum Gasteiger partial charge on any atom is 0.355 e. The van der Waals surface area contributed by atoms with Crippen molar-refractivity contribution in [3.8, 4) is 16.9 Å². The van der Waals surface area contributed by atoms with E-state index in [0.717, 1.165) is 35.1 Å². The highest BCUT2D eigenvalue weighted by atomic mass is 19.1. The number of rotatable bonds is 9. The van der Waals surface area contributed by atoms with Crippen LogP contribution in [-0.2, 0) is 16.1 Å². The average Bonchev–Trinajstić information content (AvgIpc) is 3.70. The molecule has 7 heteroatoms. The number of benzene rings is 3. The number of hydrogen-bond acceptors (Lipinski definition) is 4. The number of carbonyl (C=O) groups excluding carboxylic acids is 2. The van der Waals surface area contributed by atoms with Gasteiger partial charge in [0.05, 0.1) is 24.4 Å². The van der Waals surface area contributed by atoms with E-state index < -0.39 is 5.97 Å². The molecule has 1 aliphatic rings. The SMILES string of the molecule is CCOC(=O)c1c(-c2ccc(OCC)cc2)c2cccc(NC(=O)C3CC3)c2n1Cc1ccc(F)cc1. The maximum atomic E-state index is 13.6. The fourth-order valence-corrected chi connectivity index (χ4v) is 4.61. The first-order chi connectivity index (χ1) is 18.0. The topological polar surface area (TPSA) is 69.6 Å². The molecule has 0 atom stereocenters. The lowest BCUT2D eigenvalue weighted by atomic mass is 10.0. The highest BCUT2D eigenvalue weighted by molar-refractivity contribution is 6.13. The molecule has 0 saturated heterocycles. The zero-order valence-corrected chi connectivity index (χ0v) is 20.9. The van der Waals surface area contributed by atoms with Gasteiger partial charge in [0, 0.05) is 23.4 Å². The third-order valence-corrected chi connectivity index (χ3v) is 6.46. The molecule has 1 saturated carbocycles. The Morgan fingerprint density at radius 1 is 0.973 bits per heavy atom. The van der Waals surface area contributed by atoms with Crippen LogP contribution in [0.1, 0.15) is 42.7 Å². The van der Waals surface area contributed by atoms with Crippen molar-refractivity contribution in [2.45, 2.75) is 33.2 Å². The van der Waals surface area contributed by atoms with Crippen LogP contribution in [0.15, 0.2) is 66.7 Å². The molecule has 37 heavy (non-hydrogen) atoms. The summed E-state index contributed by atoms with van der Waals surface area (Å²) in [4.78, 5) is 26.2. The molecule has 0 spiro atoms. The van der Waals surface area contributed by atoms with Crippen molar-refractivity contribution < 1.29 is 23.5 Å². The van der Waals surface area contributed by atoms with Crippen LogP contribution < -0.4 is 10.1 Å². The first-order valence-electron chi connectivity index (χ1n) is 12.6. The van der Waals surface area contributed by atoms with Gasteiger partial charge in [-0.1, -0.05) is 36.4 Å². The lowest BCUT2D eigenvalue weighted by Gasteiger charge is -2.14. The van der Waals surface area contributed by atoms with Crippen LogP contribution in [0.25, 0.3) is 22.0 Å². The normalized spacial score (nSPS) is 12.9. The minimum absolute atomic E-state index is 0.0193. The van der Waals surface area contributed by atoms with E-state index in [9.17, 15) is 14.0 Å². The Morgan fingerprint density at radius 2 is 1.70 bits per heavy atom. The van der Waals surface area contributed by atoms with Crippen LogP contribution in [0.5, 0.6) is 5.75 Å². The molecule has 0 unspecified atom stereocenters. The second kappa shape index (κ2) is 10.5. The predicted molar refractivity (Wildman–Crippen MR) is 141 cm³/mol. The van der Waals surface area contributed by atoms with Crippen LogP contribution in [0.2, 0.25) is 0 Å². The van der Waals surface area contributed by atoms with E-state index in [1.807, 2.05) is 54.0 Å². The Kier molecular flexibility index (Phi) is 6.95. The third-order valence-electron chi connectivity index (χ3n) is 6.46. The maximum absolute atomic E-state index is 13.6. The molecule has 1 N–H and O–H groups in total. The lowest BCUT2D eigenvalue weighted by molar-refractivity contribution is -0.117. The standard InChI is InChI=1S/C30H29FN2O4/c1-3-36-23-16-12-20(13-17-23)26-24-6-5-7-25(32-29(34)21-10-11-21)27(24)33(28(26)30(35)37-4-2)18-19-8-14-22(31)15-9-19/h5-9,12-17,21H,3-4,10-11,18H2,1-2H3,(H,32,34). The molecule has 5 rings (SSSR count). The van der Waals surface area contributed by atoms with Crippen LogP contribution in [0, 0.1) is 11.7 Å². The highest BCUT2D eigenvalue weighted by Gasteiger charge is 2.31. The van der Waals surface area contributed by atoms with Crippen molar-refractivity contribution in [3.63, 3.8) is 0 Å². The summed E-state index contributed by atoms with van der Waals surface area (Å²) in [7, 11) is 0. The zero-order valence-electron chi connectivity index (χ0n) is 20.9. The van der Waals surface area contributed by atoms with E-state index in [-0.39, 0.29) is 30.8 Å². The molecular weight excluding hydrogens is 471 g/mol.